The zero-order valence-corrected chi connectivity index (χ0v) is 16.7. The summed E-state index contributed by atoms with van der Waals surface area (Å²) in [6.07, 6.45) is 0.496. The lowest BCUT2D eigenvalue weighted by atomic mass is 9.95. The third-order valence-corrected chi connectivity index (χ3v) is 5.78. The van der Waals surface area contributed by atoms with Gasteiger partial charge in [0.1, 0.15) is 0 Å². The van der Waals surface area contributed by atoms with Crippen molar-refractivity contribution in [2.24, 2.45) is 5.84 Å². The van der Waals surface area contributed by atoms with Crippen LogP contribution in [0, 0.1) is 20.8 Å². The van der Waals surface area contributed by atoms with E-state index in [4.69, 9.17) is 17.4 Å². The molecule has 0 aliphatic carbocycles. The van der Waals surface area contributed by atoms with Crippen molar-refractivity contribution < 1.29 is 4.79 Å². The largest absolute Gasteiger partial charge is 0.358 e. The van der Waals surface area contributed by atoms with E-state index in [-0.39, 0.29) is 17.8 Å². The van der Waals surface area contributed by atoms with Crippen LogP contribution in [0.4, 0.5) is 0 Å². The lowest BCUT2D eigenvalue weighted by molar-refractivity contribution is -0.121. The predicted octanol–water partition coefficient (Wildman–Crippen LogP) is 3.66. The molecule has 1 amide bonds. The van der Waals surface area contributed by atoms with Crippen LogP contribution in [0.15, 0.2) is 23.0 Å². The first-order valence-electron chi connectivity index (χ1n) is 9.08. The normalized spacial score (nSPS) is 11.6. The maximum atomic E-state index is 13.3. The van der Waals surface area contributed by atoms with Crippen molar-refractivity contribution in [3.63, 3.8) is 0 Å². The molecule has 0 atom stereocenters. The molecule has 6 nitrogen and oxygen atoms in total. The molecular formula is C21H21ClN4O2. The molecule has 0 radical (unpaired) electrons. The highest BCUT2D eigenvalue weighted by molar-refractivity contribution is 6.32. The zero-order chi connectivity index (χ0) is 20.2. The van der Waals surface area contributed by atoms with Gasteiger partial charge in [-0.25, -0.2) is 5.84 Å². The predicted molar refractivity (Wildman–Crippen MR) is 114 cm³/mol. The lowest BCUT2D eigenvalue weighted by Crippen LogP contribution is -2.30. The van der Waals surface area contributed by atoms with Crippen LogP contribution in [0.25, 0.3) is 32.7 Å². The topological polar surface area (TPSA) is 104 Å². The van der Waals surface area contributed by atoms with Crippen LogP contribution in [-0.2, 0) is 11.2 Å². The quantitative estimate of drug-likeness (QED) is 0.241. The van der Waals surface area contributed by atoms with E-state index in [0.717, 1.165) is 44.1 Å². The fourth-order valence-corrected chi connectivity index (χ4v) is 4.27. The Morgan fingerprint density at radius 3 is 2.50 bits per heavy atom. The molecule has 0 spiro atoms. The van der Waals surface area contributed by atoms with Gasteiger partial charge in [0.2, 0.25) is 5.91 Å². The minimum Gasteiger partial charge on any atom is -0.358 e. The summed E-state index contributed by atoms with van der Waals surface area (Å²) < 4.78 is 0. The first-order valence-corrected chi connectivity index (χ1v) is 9.46. The molecule has 2 aromatic carbocycles. The van der Waals surface area contributed by atoms with Gasteiger partial charge in [-0.1, -0.05) is 11.6 Å². The number of aromatic nitrogens is 2. The molecule has 4 aromatic rings. The summed E-state index contributed by atoms with van der Waals surface area (Å²) in [6.45, 7) is 5.82. The van der Waals surface area contributed by atoms with Crippen molar-refractivity contribution >= 4 is 50.2 Å². The third-order valence-electron chi connectivity index (χ3n) is 5.54. The number of amides is 1. The Balaban J connectivity index is 2.07. The van der Waals surface area contributed by atoms with E-state index in [1.807, 2.05) is 39.0 Å². The first-order chi connectivity index (χ1) is 13.3. The number of fused-ring (bicyclic) bond motifs is 4. The molecule has 0 aliphatic heterocycles. The van der Waals surface area contributed by atoms with Crippen LogP contribution in [0.2, 0.25) is 5.02 Å². The van der Waals surface area contributed by atoms with Crippen LogP contribution < -0.4 is 16.7 Å². The van der Waals surface area contributed by atoms with Crippen molar-refractivity contribution in [2.75, 3.05) is 0 Å². The summed E-state index contributed by atoms with van der Waals surface area (Å²) in [6, 6.07) is 5.74. The van der Waals surface area contributed by atoms with Crippen LogP contribution >= 0.6 is 11.6 Å². The number of carbonyl (C=O) groups excluding carboxylic acids is 1. The number of aromatic amines is 2. The van der Waals surface area contributed by atoms with Crippen LogP contribution in [0.5, 0.6) is 0 Å². The maximum Gasteiger partial charge on any atom is 0.234 e. The number of hydrazine groups is 1. The number of pyridine rings is 1. The SMILES string of the molecule is Cc1[nH]c2c(C)c3c([nH]c4ccc(Cl)cc43)c(C)c2c(=O)c1CCC(=O)NN. The van der Waals surface area contributed by atoms with Crippen molar-refractivity contribution in [2.45, 2.75) is 33.6 Å². The Hall–Kier alpha value is -2.83. The molecule has 4 rings (SSSR count). The van der Waals surface area contributed by atoms with Gasteiger partial charge in [0.15, 0.2) is 5.43 Å². The second-order valence-corrected chi connectivity index (χ2v) is 7.63. The van der Waals surface area contributed by atoms with E-state index in [0.29, 0.717) is 22.4 Å². The lowest BCUT2D eigenvalue weighted by Gasteiger charge is -2.13. The van der Waals surface area contributed by atoms with E-state index >= 15 is 0 Å². The molecule has 7 heteroatoms. The number of rotatable bonds is 3. The number of nitrogens with one attached hydrogen (secondary N) is 3. The Morgan fingerprint density at radius 1 is 1.11 bits per heavy atom. The number of aryl methyl sites for hydroxylation is 3. The molecule has 28 heavy (non-hydrogen) atoms. The van der Waals surface area contributed by atoms with Crippen molar-refractivity contribution in [3.8, 4) is 0 Å². The maximum absolute atomic E-state index is 13.3. The number of carbonyl (C=O) groups is 1. The van der Waals surface area contributed by atoms with E-state index in [2.05, 4.69) is 15.4 Å². The average molecular weight is 397 g/mol. The fraction of sp³-hybridized carbons (Fsp3) is 0.238. The van der Waals surface area contributed by atoms with Crippen molar-refractivity contribution in [1.29, 1.82) is 0 Å². The number of halogens is 1. The number of benzene rings is 2. The Labute approximate surface area is 166 Å². The summed E-state index contributed by atoms with van der Waals surface area (Å²) in [7, 11) is 0. The minimum atomic E-state index is -0.297. The zero-order valence-electron chi connectivity index (χ0n) is 15.9. The Bertz CT molecular complexity index is 1330. The second kappa shape index (κ2) is 6.65. The molecule has 2 aromatic heterocycles. The summed E-state index contributed by atoms with van der Waals surface area (Å²) >= 11 is 6.22. The highest BCUT2D eigenvalue weighted by Gasteiger charge is 2.19. The molecule has 0 bridgehead atoms. The molecule has 5 N–H and O–H groups in total. The standard InChI is InChI=1S/C21H21ClN4O2/c1-9-17-14-8-12(22)4-6-15(14)25-19(17)10(2)18-20(9)24-11(3)13(21(18)28)5-7-16(27)26-23/h4,6,8,25H,5,7,23H2,1-3H3,(H,24,28)(H,26,27). The van der Waals surface area contributed by atoms with E-state index in [1.165, 1.54) is 0 Å². The highest BCUT2D eigenvalue weighted by atomic mass is 35.5. The summed E-state index contributed by atoms with van der Waals surface area (Å²) in [5, 5.41) is 3.42. The molecule has 0 unspecified atom stereocenters. The molecular weight excluding hydrogens is 376 g/mol. The van der Waals surface area contributed by atoms with Gasteiger partial charge in [-0.3, -0.25) is 15.0 Å². The summed E-state index contributed by atoms with van der Waals surface area (Å²) in [5.41, 5.74) is 8.04. The van der Waals surface area contributed by atoms with Gasteiger partial charge in [0, 0.05) is 39.0 Å². The number of nitrogens with two attached hydrogens (primary N) is 1. The molecule has 144 valence electrons. The van der Waals surface area contributed by atoms with Gasteiger partial charge in [-0.2, -0.15) is 0 Å². The van der Waals surface area contributed by atoms with Gasteiger partial charge < -0.3 is 9.97 Å². The van der Waals surface area contributed by atoms with Gasteiger partial charge in [-0.05, 0) is 56.5 Å². The van der Waals surface area contributed by atoms with E-state index in [9.17, 15) is 9.59 Å². The van der Waals surface area contributed by atoms with Crippen molar-refractivity contribution in [1.82, 2.24) is 15.4 Å². The Kier molecular flexibility index (Phi) is 4.40. The molecule has 0 saturated heterocycles. The fourth-order valence-electron chi connectivity index (χ4n) is 4.10. The average Bonchev–Trinajstić information content (AvgIpc) is 3.04. The molecule has 2 heterocycles. The van der Waals surface area contributed by atoms with Gasteiger partial charge in [0.05, 0.1) is 16.4 Å². The second-order valence-electron chi connectivity index (χ2n) is 7.19. The summed E-state index contributed by atoms with van der Waals surface area (Å²) in [4.78, 5) is 31.7. The Morgan fingerprint density at radius 2 is 1.79 bits per heavy atom. The molecule has 0 saturated carbocycles. The van der Waals surface area contributed by atoms with Gasteiger partial charge in [0.25, 0.3) is 0 Å². The third kappa shape index (κ3) is 2.68. The van der Waals surface area contributed by atoms with Crippen LogP contribution in [0.1, 0.15) is 28.8 Å². The van der Waals surface area contributed by atoms with E-state index in [1.54, 1.807) is 0 Å². The van der Waals surface area contributed by atoms with Crippen LogP contribution in [-0.4, -0.2) is 15.9 Å². The van der Waals surface area contributed by atoms with Gasteiger partial charge >= 0.3 is 0 Å². The number of hydrogen-bond donors (Lipinski definition) is 4. The first kappa shape index (κ1) is 18.5. The highest BCUT2D eigenvalue weighted by Crippen LogP contribution is 2.36. The summed E-state index contributed by atoms with van der Waals surface area (Å²) in [5.74, 6) is 4.86. The monoisotopic (exact) mass is 396 g/mol. The van der Waals surface area contributed by atoms with Crippen molar-refractivity contribution in [3.05, 3.63) is 55.8 Å². The minimum absolute atomic E-state index is 0.0461. The van der Waals surface area contributed by atoms with Crippen LogP contribution in [0.3, 0.4) is 0 Å². The smallest absolute Gasteiger partial charge is 0.234 e. The number of H-pyrrole nitrogens is 2. The van der Waals surface area contributed by atoms with E-state index < -0.39 is 0 Å². The number of hydrogen-bond acceptors (Lipinski definition) is 3. The molecule has 0 fully saturated rings. The molecule has 0 aliphatic rings. The van der Waals surface area contributed by atoms with Gasteiger partial charge in [-0.15, -0.1) is 0 Å².